The maximum absolute atomic E-state index is 13.9. The van der Waals surface area contributed by atoms with Crippen molar-refractivity contribution in [1.29, 1.82) is 0 Å². The Bertz CT molecular complexity index is 941. The minimum Gasteiger partial charge on any atom is -0.353 e. The SMILES string of the molecule is O=C(Cc1ccccc1)NC1CCN(CC[C@H](NC(=O)N2CCCC2)c2cccc(F)c2)CC1. The zero-order valence-corrected chi connectivity index (χ0v) is 19.7. The lowest BCUT2D eigenvalue weighted by Gasteiger charge is -2.33. The molecule has 2 N–H and O–H groups in total. The molecule has 2 fully saturated rings. The zero-order valence-electron chi connectivity index (χ0n) is 19.7. The van der Waals surface area contributed by atoms with Gasteiger partial charge in [0.05, 0.1) is 12.5 Å². The first-order chi connectivity index (χ1) is 16.6. The van der Waals surface area contributed by atoms with E-state index >= 15 is 0 Å². The van der Waals surface area contributed by atoms with Crippen molar-refractivity contribution in [2.24, 2.45) is 0 Å². The lowest BCUT2D eigenvalue weighted by atomic mass is 10.0. The fourth-order valence-electron chi connectivity index (χ4n) is 4.88. The van der Waals surface area contributed by atoms with E-state index < -0.39 is 0 Å². The summed E-state index contributed by atoms with van der Waals surface area (Å²) in [4.78, 5) is 29.3. The predicted octanol–water partition coefficient (Wildman–Crippen LogP) is 3.89. The van der Waals surface area contributed by atoms with E-state index in [2.05, 4.69) is 15.5 Å². The average Bonchev–Trinajstić information content (AvgIpc) is 3.38. The Labute approximate surface area is 201 Å². The largest absolute Gasteiger partial charge is 0.353 e. The second-order valence-corrected chi connectivity index (χ2v) is 9.39. The van der Waals surface area contributed by atoms with Gasteiger partial charge in [-0.05, 0) is 55.4 Å². The van der Waals surface area contributed by atoms with Gasteiger partial charge in [0, 0.05) is 38.8 Å². The van der Waals surface area contributed by atoms with Crippen molar-refractivity contribution in [3.63, 3.8) is 0 Å². The van der Waals surface area contributed by atoms with Crippen LogP contribution in [0, 0.1) is 5.82 Å². The summed E-state index contributed by atoms with van der Waals surface area (Å²) in [5, 5.41) is 6.31. The number of piperidine rings is 1. The van der Waals surface area contributed by atoms with E-state index in [1.807, 2.05) is 41.3 Å². The Kier molecular flexibility index (Phi) is 8.52. The monoisotopic (exact) mass is 466 g/mol. The summed E-state index contributed by atoms with van der Waals surface area (Å²) in [6.45, 7) is 4.17. The number of amides is 3. The number of likely N-dealkylation sites (tertiary alicyclic amines) is 2. The van der Waals surface area contributed by atoms with Crippen LogP contribution in [0.1, 0.15) is 49.3 Å². The molecule has 34 heavy (non-hydrogen) atoms. The molecule has 2 saturated heterocycles. The normalized spacial score (nSPS) is 18.0. The van der Waals surface area contributed by atoms with E-state index in [0.29, 0.717) is 12.8 Å². The van der Waals surface area contributed by atoms with Crippen LogP contribution in [0.5, 0.6) is 0 Å². The number of nitrogens with zero attached hydrogens (tertiary/aromatic N) is 2. The van der Waals surface area contributed by atoms with E-state index in [1.54, 1.807) is 6.07 Å². The van der Waals surface area contributed by atoms with E-state index in [-0.39, 0.29) is 29.8 Å². The Morgan fingerprint density at radius 1 is 0.971 bits per heavy atom. The van der Waals surface area contributed by atoms with Gasteiger partial charge < -0.3 is 20.4 Å². The highest BCUT2D eigenvalue weighted by atomic mass is 19.1. The molecule has 6 nitrogen and oxygen atoms in total. The van der Waals surface area contributed by atoms with Crippen molar-refractivity contribution in [2.45, 2.75) is 50.6 Å². The van der Waals surface area contributed by atoms with Crippen LogP contribution in [0.15, 0.2) is 54.6 Å². The minimum absolute atomic E-state index is 0.0633. The molecule has 0 spiro atoms. The molecular formula is C27H35FN4O2. The summed E-state index contributed by atoms with van der Waals surface area (Å²) in [5.74, 6) is -0.217. The molecule has 0 bridgehead atoms. The van der Waals surface area contributed by atoms with Crippen molar-refractivity contribution in [1.82, 2.24) is 20.4 Å². The standard InChI is InChI=1S/C27H35FN4O2/c28-23-10-6-9-22(20-23)25(30-27(34)32-14-4-5-15-32)13-18-31-16-11-24(12-17-31)29-26(33)19-21-7-2-1-3-8-21/h1-3,6-10,20,24-25H,4-5,11-19H2,(H,29,33)(H,30,34)/t25-/m0/s1. The number of hydrogen-bond donors (Lipinski definition) is 2. The smallest absolute Gasteiger partial charge is 0.317 e. The van der Waals surface area contributed by atoms with E-state index in [1.165, 1.54) is 12.1 Å². The lowest BCUT2D eigenvalue weighted by molar-refractivity contribution is -0.121. The quantitative estimate of drug-likeness (QED) is 0.621. The summed E-state index contributed by atoms with van der Waals surface area (Å²) < 4.78 is 13.9. The van der Waals surface area contributed by atoms with Gasteiger partial charge in [0.25, 0.3) is 0 Å². The summed E-state index contributed by atoms with van der Waals surface area (Å²) >= 11 is 0. The number of benzene rings is 2. The van der Waals surface area contributed by atoms with Crippen LogP contribution < -0.4 is 10.6 Å². The van der Waals surface area contributed by atoms with Crippen LogP contribution in [0.3, 0.4) is 0 Å². The van der Waals surface area contributed by atoms with Gasteiger partial charge in [-0.1, -0.05) is 42.5 Å². The van der Waals surface area contributed by atoms with Crippen molar-refractivity contribution in [3.05, 3.63) is 71.5 Å². The summed E-state index contributed by atoms with van der Waals surface area (Å²) in [6.07, 6.45) is 5.02. The van der Waals surface area contributed by atoms with Crippen LogP contribution >= 0.6 is 0 Å². The zero-order chi connectivity index (χ0) is 23.8. The van der Waals surface area contributed by atoms with Gasteiger partial charge in [-0.3, -0.25) is 4.79 Å². The highest BCUT2D eigenvalue weighted by molar-refractivity contribution is 5.78. The second kappa shape index (κ2) is 12.0. The van der Waals surface area contributed by atoms with E-state index in [4.69, 9.17) is 0 Å². The predicted molar refractivity (Wildman–Crippen MR) is 131 cm³/mol. The molecule has 4 rings (SSSR count). The van der Waals surface area contributed by atoms with Gasteiger partial charge in [0.2, 0.25) is 5.91 Å². The molecule has 0 radical (unpaired) electrons. The number of urea groups is 1. The first kappa shape index (κ1) is 24.2. The topological polar surface area (TPSA) is 64.7 Å². The fourth-order valence-corrected chi connectivity index (χ4v) is 4.88. The van der Waals surface area contributed by atoms with Crippen LogP contribution in [0.4, 0.5) is 9.18 Å². The van der Waals surface area contributed by atoms with Gasteiger partial charge in [-0.25, -0.2) is 9.18 Å². The van der Waals surface area contributed by atoms with E-state index in [9.17, 15) is 14.0 Å². The van der Waals surface area contributed by atoms with E-state index in [0.717, 1.165) is 69.5 Å². The number of rotatable bonds is 8. The summed E-state index contributed by atoms with van der Waals surface area (Å²) in [7, 11) is 0. The molecule has 0 aromatic heterocycles. The molecule has 7 heteroatoms. The third-order valence-electron chi connectivity index (χ3n) is 6.84. The maximum Gasteiger partial charge on any atom is 0.317 e. The van der Waals surface area contributed by atoms with Gasteiger partial charge in [-0.15, -0.1) is 0 Å². The van der Waals surface area contributed by atoms with Crippen LogP contribution in [0.25, 0.3) is 0 Å². The average molecular weight is 467 g/mol. The van der Waals surface area contributed by atoms with Gasteiger partial charge in [0.15, 0.2) is 0 Å². The second-order valence-electron chi connectivity index (χ2n) is 9.39. The Hall–Kier alpha value is -2.93. The Balaban J connectivity index is 1.25. The Morgan fingerprint density at radius 3 is 2.41 bits per heavy atom. The van der Waals surface area contributed by atoms with Crippen LogP contribution in [-0.2, 0) is 11.2 Å². The molecule has 1 atom stereocenters. The van der Waals surface area contributed by atoms with Crippen molar-refractivity contribution < 1.29 is 14.0 Å². The highest BCUT2D eigenvalue weighted by Crippen LogP contribution is 2.21. The molecule has 0 unspecified atom stereocenters. The molecule has 0 aliphatic carbocycles. The minimum atomic E-state index is -0.287. The molecule has 2 aromatic rings. The first-order valence-electron chi connectivity index (χ1n) is 12.4. The van der Waals surface area contributed by atoms with Crippen molar-refractivity contribution in [2.75, 3.05) is 32.7 Å². The number of halogens is 1. The highest BCUT2D eigenvalue weighted by Gasteiger charge is 2.25. The lowest BCUT2D eigenvalue weighted by Crippen LogP contribution is -2.46. The van der Waals surface area contributed by atoms with Gasteiger partial charge >= 0.3 is 6.03 Å². The van der Waals surface area contributed by atoms with Gasteiger partial charge in [0.1, 0.15) is 5.82 Å². The third kappa shape index (κ3) is 7.03. The van der Waals surface area contributed by atoms with Gasteiger partial charge in [-0.2, -0.15) is 0 Å². The third-order valence-corrected chi connectivity index (χ3v) is 6.84. The molecular weight excluding hydrogens is 431 g/mol. The molecule has 182 valence electrons. The molecule has 2 aromatic carbocycles. The van der Waals surface area contributed by atoms with Crippen LogP contribution in [0.2, 0.25) is 0 Å². The molecule has 0 saturated carbocycles. The molecule has 2 aliphatic heterocycles. The summed E-state index contributed by atoms with van der Waals surface area (Å²) in [6, 6.07) is 16.2. The van der Waals surface area contributed by atoms with Crippen molar-refractivity contribution in [3.8, 4) is 0 Å². The summed E-state index contributed by atoms with van der Waals surface area (Å²) in [5.41, 5.74) is 1.83. The fraction of sp³-hybridized carbons (Fsp3) is 0.481. The number of carbonyl (C=O) groups is 2. The molecule has 2 aliphatic rings. The number of carbonyl (C=O) groups excluding carboxylic acids is 2. The van der Waals surface area contributed by atoms with Crippen molar-refractivity contribution >= 4 is 11.9 Å². The van der Waals surface area contributed by atoms with Crippen LogP contribution in [-0.4, -0.2) is 60.5 Å². The Morgan fingerprint density at radius 2 is 1.71 bits per heavy atom. The number of nitrogens with one attached hydrogen (secondary N) is 2. The first-order valence-corrected chi connectivity index (χ1v) is 12.4. The number of hydrogen-bond acceptors (Lipinski definition) is 3. The molecule has 3 amide bonds. The molecule has 2 heterocycles. The maximum atomic E-state index is 13.9.